The number of unbranched alkanes of at least 4 members (excludes halogenated alkanes) is 5. The van der Waals surface area contributed by atoms with Crippen molar-refractivity contribution in [1.29, 1.82) is 0 Å². The van der Waals surface area contributed by atoms with Crippen molar-refractivity contribution in [3.8, 4) is 0 Å². The molecule has 2 unspecified atom stereocenters. The van der Waals surface area contributed by atoms with Gasteiger partial charge in [-0.25, -0.2) is 0 Å². The summed E-state index contributed by atoms with van der Waals surface area (Å²) in [7, 11) is 0. The minimum absolute atomic E-state index is 0.0148. The summed E-state index contributed by atoms with van der Waals surface area (Å²) in [6, 6.07) is 10.9. The summed E-state index contributed by atoms with van der Waals surface area (Å²) in [5, 5.41) is 1.27. The molecule has 0 spiro atoms. The molecule has 0 aliphatic heterocycles. The van der Waals surface area contributed by atoms with Crippen LogP contribution in [-0.4, -0.2) is 30.8 Å². The lowest BCUT2D eigenvalue weighted by molar-refractivity contribution is -0.405. The predicted molar refractivity (Wildman–Crippen MR) is 151 cm³/mol. The fraction of sp³-hybridized carbons (Fsp3) is 0.625. The number of aromatic amines is 1. The molecule has 0 fully saturated rings. The molecule has 36 heavy (non-hydrogen) atoms. The third-order valence-corrected chi connectivity index (χ3v) is 7.45. The van der Waals surface area contributed by atoms with E-state index < -0.39 is 5.97 Å². The first-order chi connectivity index (χ1) is 17.6. The zero-order chi connectivity index (χ0) is 25.7. The van der Waals surface area contributed by atoms with Crippen LogP contribution in [0.25, 0.3) is 10.9 Å². The topological polar surface area (TPSA) is 43.5 Å². The van der Waals surface area contributed by atoms with Crippen LogP contribution in [-0.2, 0) is 20.6 Å². The van der Waals surface area contributed by atoms with Gasteiger partial charge in [0.15, 0.2) is 0 Å². The van der Waals surface area contributed by atoms with Crippen LogP contribution >= 0.6 is 0 Å². The van der Waals surface area contributed by atoms with E-state index in [9.17, 15) is 0 Å². The number of rotatable bonds is 18. The van der Waals surface area contributed by atoms with E-state index in [4.69, 9.17) is 14.2 Å². The molecular weight excluding hydrogens is 446 g/mol. The molecule has 1 aromatic heterocycles. The van der Waals surface area contributed by atoms with Crippen molar-refractivity contribution in [3.63, 3.8) is 0 Å². The van der Waals surface area contributed by atoms with Gasteiger partial charge >= 0.3 is 0 Å². The Morgan fingerprint density at radius 1 is 0.889 bits per heavy atom. The fourth-order valence-electron chi connectivity index (χ4n) is 5.82. The third kappa shape index (κ3) is 7.81. The van der Waals surface area contributed by atoms with Gasteiger partial charge in [0.05, 0.1) is 0 Å². The van der Waals surface area contributed by atoms with Crippen LogP contribution < -0.4 is 0 Å². The van der Waals surface area contributed by atoms with Crippen molar-refractivity contribution in [2.75, 3.05) is 19.8 Å². The molecule has 1 N–H and O–H groups in total. The molecule has 0 radical (unpaired) electrons. The smallest absolute Gasteiger partial charge is 0.285 e. The van der Waals surface area contributed by atoms with Gasteiger partial charge in [-0.2, -0.15) is 0 Å². The zero-order valence-corrected chi connectivity index (χ0v) is 23.2. The molecule has 1 aromatic carbocycles. The van der Waals surface area contributed by atoms with Crippen molar-refractivity contribution < 1.29 is 14.2 Å². The van der Waals surface area contributed by atoms with E-state index >= 15 is 0 Å². The Bertz CT molecular complexity index is 896. The maximum atomic E-state index is 6.36. The first-order valence-corrected chi connectivity index (χ1v) is 14.4. The zero-order valence-electron chi connectivity index (χ0n) is 23.2. The number of fused-ring (bicyclic) bond motifs is 1. The van der Waals surface area contributed by atoms with Crippen LogP contribution in [0.1, 0.15) is 91.2 Å². The lowest BCUT2D eigenvalue weighted by Crippen LogP contribution is -2.48. The SMILES string of the molecule is CCCCCCCCC(CC1(Cc2cc3ccccc3[nH]2)C=CC=CC1)C(OCC)(OCC)OCC. The van der Waals surface area contributed by atoms with E-state index in [1.165, 1.54) is 55.1 Å². The number of aromatic nitrogens is 1. The molecule has 0 amide bonds. The van der Waals surface area contributed by atoms with Crippen LogP contribution in [0.4, 0.5) is 0 Å². The van der Waals surface area contributed by atoms with Crippen molar-refractivity contribution in [2.45, 2.75) is 97.9 Å². The van der Waals surface area contributed by atoms with E-state index in [-0.39, 0.29) is 11.3 Å². The molecule has 0 saturated heterocycles. The van der Waals surface area contributed by atoms with Crippen molar-refractivity contribution in [3.05, 3.63) is 60.3 Å². The first-order valence-electron chi connectivity index (χ1n) is 14.4. The van der Waals surface area contributed by atoms with Gasteiger partial charge in [-0.05, 0) is 69.4 Å². The lowest BCUT2D eigenvalue weighted by atomic mass is 9.70. The Labute approximate surface area is 219 Å². The molecule has 2 atom stereocenters. The Balaban J connectivity index is 1.87. The highest BCUT2D eigenvalue weighted by atomic mass is 16.9. The van der Waals surface area contributed by atoms with E-state index in [0.29, 0.717) is 19.8 Å². The van der Waals surface area contributed by atoms with Gasteiger partial charge in [-0.1, -0.05) is 88.0 Å². The van der Waals surface area contributed by atoms with Crippen molar-refractivity contribution in [2.24, 2.45) is 11.3 Å². The van der Waals surface area contributed by atoms with Crippen LogP contribution in [0.15, 0.2) is 54.6 Å². The van der Waals surface area contributed by atoms with E-state index in [1.807, 2.05) is 20.8 Å². The minimum Gasteiger partial charge on any atom is -0.358 e. The first kappa shape index (κ1) is 28.7. The molecule has 3 rings (SSSR count). The summed E-state index contributed by atoms with van der Waals surface area (Å²) in [5.74, 6) is -0.853. The van der Waals surface area contributed by atoms with Crippen LogP contribution in [0.3, 0.4) is 0 Å². The standard InChI is InChI=1S/C32H49NO3/c1-5-9-10-11-12-14-20-28(32(34-6-2,35-7-3)36-8-4)25-31(22-17-13-18-23-31)26-29-24-27-19-15-16-21-30(27)33-29/h13,15-19,21-22,24,28,33H,5-12,14,20,23,25-26H2,1-4H3. The number of ether oxygens (including phenoxy) is 3. The van der Waals surface area contributed by atoms with Gasteiger partial charge in [0.25, 0.3) is 5.97 Å². The normalized spacial score (nSPS) is 18.8. The maximum Gasteiger partial charge on any atom is 0.285 e. The molecule has 4 heteroatoms. The second-order valence-corrected chi connectivity index (χ2v) is 10.3. The predicted octanol–water partition coefficient (Wildman–Crippen LogP) is 8.73. The number of nitrogens with one attached hydrogen (secondary N) is 1. The molecular formula is C32H49NO3. The summed E-state index contributed by atoms with van der Waals surface area (Å²) in [5.41, 5.74) is 2.47. The van der Waals surface area contributed by atoms with E-state index in [2.05, 4.69) is 66.5 Å². The Hall–Kier alpha value is -1.88. The Kier molecular flexibility index (Phi) is 11.8. The summed E-state index contributed by atoms with van der Waals surface area (Å²) in [4.78, 5) is 3.68. The second kappa shape index (κ2) is 14.8. The lowest BCUT2D eigenvalue weighted by Gasteiger charge is -2.43. The van der Waals surface area contributed by atoms with Gasteiger partial charge in [0, 0.05) is 36.9 Å². The van der Waals surface area contributed by atoms with Crippen LogP contribution in [0.2, 0.25) is 0 Å². The van der Waals surface area contributed by atoms with Gasteiger partial charge in [-0.15, -0.1) is 0 Å². The maximum absolute atomic E-state index is 6.36. The number of hydrogen-bond donors (Lipinski definition) is 1. The highest BCUT2D eigenvalue weighted by Gasteiger charge is 2.46. The van der Waals surface area contributed by atoms with Gasteiger partial charge in [0.2, 0.25) is 0 Å². The Morgan fingerprint density at radius 3 is 2.22 bits per heavy atom. The molecule has 0 saturated carbocycles. The van der Waals surface area contributed by atoms with Gasteiger partial charge < -0.3 is 19.2 Å². The molecule has 2 aromatic rings. The average molecular weight is 496 g/mol. The molecule has 1 aliphatic rings. The highest BCUT2D eigenvalue weighted by molar-refractivity contribution is 5.80. The number of benzene rings is 1. The van der Waals surface area contributed by atoms with Crippen molar-refractivity contribution >= 4 is 10.9 Å². The third-order valence-electron chi connectivity index (χ3n) is 7.45. The molecule has 1 heterocycles. The fourth-order valence-corrected chi connectivity index (χ4v) is 5.82. The summed E-state index contributed by atoms with van der Waals surface area (Å²) in [6.45, 7) is 10.1. The van der Waals surface area contributed by atoms with Gasteiger partial charge in [-0.3, -0.25) is 0 Å². The quantitative estimate of drug-likeness (QED) is 0.166. The minimum atomic E-state index is -0.996. The molecule has 4 nitrogen and oxygen atoms in total. The van der Waals surface area contributed by atoms with E-state index in [0.717, 1.165) is 25.7 Å². The van der Waals surface area contributed by atoms with Crippen LogP contribution in [0.5, 0.6) is 0 Å². The van der Waals surface area contributed by atoms with Crippen molar-refractivity contribution in [1.82, 2.24) is 4.98 Å². The largest absolute Gasteiger partial charge is 0.358 e. The summed E-state index contributed by atoms with van der Waals surface area (Å²) >= 11 is 0. The summed E-state index contributed by atoms with van der Waals surface area (Å²) in [6.07, 6.45) is 20.7. The average Bonchev–Trinajstić information content (AvgIpc) is 3.28. The second-order valence-electron chi connectivity index (χ2n) is 10.3. The number of hydrogen-bond acceptors (Lipinski definition) is 3. The Morgan fingerprint density at radius 2 is 1.58 bits per heavy atom. The monoisotopic (exact) mass is 495 g/mol. The van der Waals surface area contributed by atoms with Crippen LogP contribution in [0, 0.1) is 11.3 Å². The molecule has 0 bridgehead atoms. The number of allylic oxidation sites excluding steroid dienone is 4. The molecule has 200 valence electrons. The summed E-state index contributed by atoms with van der Waals surface area (Å²) < 4.78 is 19.1. The molecule has 1 aliphatic carbocycles. The highest BCUT2D eigenvalue weighted by Crippen LogP contribution is 2.45. The number of para-hydroxylation sites is 1. The van der Waals surface area contributed by atoms with Gasteiger partial charge in [0.1, 0.15) is 0 Å². The van der Waals surface area contributed by atoms with E-state index in [1.54, 1.807) is 0 Å². The number of H-pyrrole nitrogens is 1.